The van der Waals surface area contributed by atoms with Gasteiger partial charge in [-0.05, 0) is 105 Å². The summed E-state index contributed by atoms with van der Waals surface area (Å²) < 4.78 is 0. The van der Waals surface area contributed by atoms with Gasteiger partial charge in [-0.1, -0.05) is 120 Å². The highest BCUT2D eigenvalue weighted by molar-refractivity contribution is 8.33. The number of benzene rings is 7. The van der Waals surface area contributed by atoms with Gasteiger partial charge in [0, 0.05) is 21.3 Å². The van der Waals surface area contributed by atoms with E-state index in [0.717, 1.165) is 6.42 Å². The highest BCUT2D eigenvalue weighted by Gasteiger charge is 2.36. The molecule has 3 heteroatoms. The molecule has 0 spiro atoms. The monoisotopic (exact) mass is 618 g/mol. The van der Waals surface area contributed by atoms with Crippen LogP contribution in [0.2, 0.25) is 0 Å². The molecule has 7 aromatic rings. The van der Waals surface area contributed by atoms with E-state index in [4.69, 9.17) is 0 Å². The Morgan fingerprint density at radius 2 is 1.32 bits per heavy atom. The van der Waals surface area contributed by atoms with E-state index in [1.165, 1.54) is 92.9 Å². The number of anilines is 2. The number of hydrogen-bond donors (Lipinski definition) is 1. The van der Waals surface area contributed by atoms with Crippen molar-refractivity contribution in [1.29, 1.82) is 0 Å². The van der Waals surface area contributed by atoms with Gasteiger partial charge in [0.25, 0.3) is 0 Å². The van der Waals surface area contributed by atoms with E-state index in [-0.39, 0.29) is 5.92 Å². The van der Waals surface area contributed by atoms with Crippen molar-refractivity contribution in [2.75, 3.05) is 17.8 Å². The predicted molar refractivity (Wildman–Crippen MR) is 203 cm³/mol. The van der Waals surface area contributed by atoms with Crippen LogP contribution in [0, 0.1) is 0 Å². The van der Waals surface area contributed by atoms with Crippen LogP contribution >= 0.6 is 10.0 Å². The molecule has 1 nitrogen and oxygen atoms in total. The van der Waals surface area contributed by atoms with Crippen LogP contribution in [-0.2, 0) is 6.42 Å². The molecule has 0 saturated heterocycles. The normalized spacial score (nSPS) is 16.8. The smallest absolute Gasteiger partial charge is 0.193 e. The van der Waals surface area contributed by atoms with Crippen molar-refractivity contribution in [1.82, 2.24) is 0 Å². The average Bonchev–Trinajstić information content (AvgIpc) is 3.11. The Kier molecular flexibility index (Phi) is 5.78. The summed E-state index contributed by atoms with van der Waals surface area (Å²) in [6.45, 7) is 0. The summed E-state index contributed by atoms with van der Waals surface area (Å²) in [5.74, 6) is 0.285. The van der Waals surface area contributed by atoms with Crippen LogP contribution in [0.25, 0.3) is 44.2 Å². The van der Waals surface area contributed by atoms with E-state index in [9.17, 15) is 0 Å². The molecule has 7 aromatic carbocycles. The third-order valence-corrected chi connectivity index (χ3v) is 13.6. The summed E-state index contributed by atoms with van der Waals surface area (Å²) in [5, 5.41) is 6.56. The fourth-order valence-corrected chi connectivity index (χ4v) is 10.9. The van der Waals surface area contributed by atoms with Crippen molar-refractivity contribution in [3.05, 3.63) is 156 Å². The number of fused-ring (bicyclic) bond motifs is 7. The van der Waals surface area contributed by atoms with Crippen LogP contribution in [0.4, 0.5) is 11.4 Å². The largest absolute Gasteiger partial charge is 0.353 e. The molecule has 1 radical (unpaired) electrons. The predicted octanol–water partition coefficient (Wildman–Crippen LogP) is 10.0. The van der Waals surface area contributed by atoms with E-state index in [2.05, 4.69) is 165 Å². The molecule has 0 amide bonds. The minimum Gasteiger partial charge on any atom is -0.353 e. The minimum absolute atomic E-state index is 0.285. The summed E-state index contributed by atoms with van der Waals surface area (Å²) in [7, 11) is 1.28. The topological polar surface area (TPSA) is 12.0 Å². The Hall–Kier alpha value is -4.99. The van der Waals surface area contributed by atoms with Crippen LogP contribution in [0.5, 0.6) is 0 Å². The lowest BCUT2D eigenvalue weighted by Gasteiger charge is -2.41. The van der Waals surface area contributed by atoms with Crippen molar-refractivity contribution in [2.45, 2.75) is 22.1 Å². The van der Waals surface area contributed by atoms with Gasteiger partial charge < -0.3 is 5.32 Å². The molecule has 0 aromatic heterocycles. The molecule has 47 heavy (non-hydrogen) atoms. The van der Waals surface area contributed by atoms with Crippen molar-refractivity contribution < 1.29 is 0 Å². The van der Waals surface area contributed by atoms with Crippen molar-refractivity contribution in [2.24, 2.45) is 0 Å². The second kappa shape index (κ2) is 10.0. The highest BCUT2D eigenvalue weighted by atomic mass is 32.3. The molecule has 10 rings (SSSR count). The van der Waals surface area contributed by atoms with Gasteiger partial charge in [0.2, 0.25) is 0 Å². The number of hydrogen-bond acceptors (Lipinski definition) is 1. The molecular weight excluding hydrogens is 585 g/mol. The van der Waals surface area contributed by atoms with Crippen LogP contribution in [-0.4, -0.2) is 19.8 Å². The second-order valence-corrected chi connectivity index (χ2v) is 17.1. The molecule has 223 valence electrons. The van der Waals surface area contributed by atoms with E-state index in [1.54, 1.807) is 0 Å². The molecule has 1 aliphatic carbocycles. The standard InChI is InChI=1S/C44H33BNS/c1-47(2)40-20-9-8-19-39(40)46-44-33(17-11-21-41(44)47)36-24-30(27-12-4-3-5-13-27)25-37-35-26-31-22-28-14-6-7-15-29(28)23-34(31)32-16-10-18-38(42(32)35)45-43(36)37/h3-25,35,46H,26H2,1-2H3. The van der Waals surface area contributed by atoms with Gasteiger partial charge in [-0.15, -0.1) is 0 Å². The van der Waals surface area contributed by atoms with E-state index in [0.29, 0.717) is 0 Å². The maximum absolute atomic E-state index is 3.93. The Balaban J connectivity index is 1.23. The lowest BCUT2D eigenvalue weighted by Crippen LogP contribution is -2.42. The molecule has 3 aliphatic rings. The molecule has 2 heterocycles. The first-order chi connectivity index (χ1) is 23.0. The van der Waals surface area contributed by atoms with Gasteiger partial charge in [0.05, 0.1) is 11.4 Å². The molecule has 0 fully saturated rings. The summed E-state index contributed by atoms with van der Waals surface area (Å²) in [5.41, 5.74) is 17.4. The fraction of sp³-hybridized carbons (Fsp3) is 0.0909. The minimum atomic E-state index is -1.20. The summed E-state index contributed by atoms with van der Waals surface area (Å²) >= 11 is 0. The van der Waals surface area contributed by atoms with Gasteiger partial charge in [0.1, 0.15) is 0 Å². The van der Waals surface area contributed by atoms with Gasteiger partial charge in [0.15, 0.2) is 7.28 Å². The number of para-hydroxylation sites is 2. The van der Waals surface area contributed by atoms with Crippen molar-refractivity contribution >= 4 is 50.4 Å². The van der Waals surface area contributed by atoms with Crippen LogP contribution in [0.15, 0.2) is 149 Å². The molecule has 0 bridgehead atoms. The van der Waals surface area contributed by atoms with Gasteiger partial charge in [-0.2, -0.15) is 10.0 Å². The van der Waals surface area contributed by atoms with Crippen LogP contribution < -0.4 is 16.2 Å². The Bertz CT molecular complexity index is 2430. The lowest BCUT2D eigenvalue weighted by molar-refractivity contribution is 0.801. The molecule has 1 N–H and O–H groups in total. The third-order valence-electron chi connectivity index (χ3n) is 10.7. The van der Waals surface area contributed by atoms with Gasteiger partial charge >= 0.3 is 0 Å². The number of nitrogens with one attached hydrogen (secondary N) is 1. The van der Waals surface area contributed by atoms with Gasteiger partial charge in [-0.3, -0.25) is 0 Å². The quantitative estimate of drug-likeness (QED) is 0.190. The highest BCUT2D eigenvalue weighted by Crippen LogP contribution is 2.65. The summed E-state index contributed by atoms with van der Waals surface area (Å²) in [6, 6.07) is 52.3. The zero-order chi connectivity index (χ0) is 31.3. The van der Waals surface area contributed by atoms with Gasteiger partial charge in [-0.25, -0.2) is 0 Å². The van der Waals surface area contributed by atoms with Crippen LogP contribution in [0.3, 0.4) is 0 Å². The average molecular weight is 619 g/mol. The summed E-state index contributed by atoms with van der Waals surface area (Å²) in [4.78, 5) is 2.84. The first-order valence-corrected chi connectivity index (χ1v) is 19.0. The Morgan fingerprint density at radius 1 is 0.596 bits per heavy atom. The Morgan fingerprint density at radius 3 is 2.19 bits per heavy atom. The first kappa shape index (κ1) is 27.2. The molecule has 1 unspecified atom stereocenters. The van der Waals surface area contributed by atoms with Crippen LogP contribution in [0.1, 0.15) is 22.6 Å². The van der Waals surface area contributed by atoms with E-state index >= 15 is 0 Å². The lowest BCUT2D eigenvalue weighted by atomic mass is 9.50. The molecule has 0 saturated carbocycles. The maximum Gasteiger partial charge on any atom is 0.193 e. The summed E-state index contributed by atoms with van der Waals surface area (Å²) in [6.07, 6.45) is 5.88. The first-order valence-electron chi connectivity index (χ1n) is 16.5. The van der Waals surface area contributed by atoms with E-state index in [1.807, 2.05) is 0 Å². The van der Waals surface area contributed by atoms with Crippen molar-refractivity contribution in [3.63, 3.8) is 0 Å². The molecule has 1 atom stereocenters. The fourth-order valence-electron chi connectivity index (χ4n) is 8.51. The zero-order valence-corrected chi connectivity index (χ0v) is 27.4. The van der Waals surface area contributed by atoms with Crippen molar-refractivity contribution in [3.8, 4) is 33.4 Å². The SMILES string of the molecule is CS1(C)c2ccccc2Nc2c(-c3cc(-c4ccccc4)cc4c3[B]c3cccc5c3C4Cc3cc4ccccc4cc3-5)cccc21. The zero-order valence-electron chi connectivity index (χ0n) is 26.5. The second-order valence-electron chi connectivity index (χ2n) is 13.6. The third kappa shape index (κ3) is 3.99. The Labute approximate surface area is 278 Å². The maximum atomic E-state index is 3.93. The molecule has 2 aliphatic heterocycles. The van der Waals surface area contributed by atoms with E-state index < -0.39 is 10.0 Å². The molecular formula is C44H33BNS. The number of rotatable bonds is 2.